The van der Waals surface area contributed by atoms with Crippen LogP contribution in [0.5, 0.6) is 0 Å². The number of hydrogen-bond acceptors (Lipinski definition) is 4. The number of hydrogen-bond donors (Lipinski definition) is 2. The molecule has 3 rings (SSSR count). The molecule has 2 N–H and O–H groups in total. The van der Waals surface area contributed by atoms with E-state index in [0.29, 0.717) is 13.2 Å². The summed E-state index contributed by atoms with van der Waals surface area (Å²) >= 11 is 0. The maximum atomic E-state index is 12.6. The van der Waals surface area contributed by atoms with E-state index in [1.54, 1.807) is 4.90 Å². The number of urea groups is 1. The highest BCUT2D eigenvalue weighted by atomic mass is 16.5. The van der Waals surface area contributed by atoms with Crippen molar-refractivity contribution in [1.82, 2.24) is 9.80 Å². The Morgan fingerprint density at radius 1 is 1.20 bits per heavy atom. The summed E-state index contributed by atoms with van der Waals surface area (Å²) in [6.07, 6.45) is 2.34. The first kappa shape index (κ1) is 13.6. The topological polar surface area (TPSA) is 90.3 Å². The van der Waals surface area contributed by atoms with Gasteiger partial charge in [-0.3, -0.25) is 0 Å². The van der Waals surface area contributed by atoms with Gasteiger partial charge in [0.2, 0.25) is 0 Å². The van der Waals surface area contributed by atoms with Gasteiger partial charge in [0.15, 0.2) is 0 Å². The zero-order chi connectivity index (χ0) is 14.3. The van der Waals surface area contributed by atoms with Gasteiger partial charge < -0.3 is 24.7 Å². The Kier molecular flexibility index (Phi) is 3.55. The lowest BCUT2D eigenvalue weighted by molar-refractivity contribution is -0.141. The van der Waals surface area contributed by atoms with Crippen molar-refractivity contribution in [2.24, 2.45) is 0 Å². The molecule has 0 aromatic carbocycles. The Labute approximate surface area is 117 Å². The van der Waals surface area contributed by atoms with E-state index >= 15 is 0 Å². The number of likely N-dealkylation sites (tertiary alicyclic amines) is 1. The van der Waals surface area contributed by atoms with E-state index in [-0.39, 0.29) is 31.1 Å². The third kappa shape index (κ3) is 2.25. The molecule has 2 unspecified atom stereocenters. The third-order valence-corrected chi connectivity index (χ3v) is 4.54. The van der Waals surface area contributed by atoms with Crippen LogP contribution < -0.4 is 0 Å². The normalized spacial score (nSPS) is 37.0. The molecule has 2 saturated heterocycles. The average Bonchev–Trinajstić information content (AvgIpc) is 3.03. The number of aliphatic hydroxyl groups excluding tert-OH is 1. The van der Waals surface area contributed by atoms with Crippen molar-refractivity contribution >= 4 is 12.0 Å². The summed E-state index contributed by atoms with van der Waals surface area (Å²) < 4.78 is 5.66. The van der Waals surface area contributed by atoms with Crippen LogP contribution in [0.4, 0.5) is 4.79 Å². The van der Waals surface area contributed by atoms with Crippen molar-refractivity contribution in [3.63, 3.8) is 0 Å². The minimum Gasteiger partial charge on any atom is -0.480 e. The Balaban J connectivity index is 1.75. The zero-order valence-corrected chi connectivity index (χ0v) is 11.3. The van der Waals surface area contributed by atoms with Gasteiger partial charge in [-0.05, 0) is 19.3 Å². The highest BCUT2D eigenvalue weighted by molar-refractivity contribution is 5.83. The number of aliphatic carboxylic acids is 1. The summed E-state index contributed by atoms with van der Waals surface area (Å²) in [5.41, 5.74) is 0. The fourth-order valence-corrected chi connectivity index (χ4v) is 3.59. The highest BCUT2D eigenvalue weighted by Crippen LogP contribution is 2.31. The lowest BCUT2D eigenvalue weighted by Gasteiger charge is -2.40. The summed E-state index contributed by atoms with van der Waals surface area (Å²) in [6, 6.07) is -1.13. The Bertz CT molecular complexity index is 416. The average molecular weight is 284 g/mol. The van der Waals surface area contributed by atoms with E-state index in [9.17, 15) is 19.8 Å². The molecule has 7 nitrogen and oxygen atoms in total. The van der Waals surface area contributed by atoms with E-state index in [0.717, 1.165) is 19.3 Å². The van der Waals surface area contributed by atoms with Crippen LogP contribution in [-0.2, 0) is 9.53 Å². The highest BCUT2D eigenvalue weighted by Gasteiger charge is 2.45. The molecule has 0 spiro atoms. The summed E-state index contributed by atoms with van der Waals surface area (Å²) in [5, 5.41) is 18.8. The van der Waals surface area contributed by atoms with Crippen LogP contribution in [0, 0.1) is 0 Å². The first-order valence-corrected chi connectivity index (χ1v) is 7.17. The molecule has 1 aliphatic carbocycles. The number of ether oxygens (including phenoxy) is 1. The molecule has 2 heterocycles. The van der Waals surface area contributed by atoms with Crippen molar-refractivity contribution < 1.29 is 24.5 Å². The molecule has 0 radical (unpaired) electrons. The van der Waals surface area contributed by atoms with Gasteiger partial charge in [-0.1, -0.05) is 0 Å². The van der Waals surface area contributed by atoms with Gasteiger partial charge in [0.25, 0.3) is 0 Å². The monoisotopic (exact) mass is 284 g/mol. The number of morpholine rings is 1. The predicted molar refractivity (Wildman–Crippen MR) is 68.2 cm³/mol. The van der Waals surface area contributed by atoms with Crippen LogP contribution in [0.15, 0.2) is 0 Å². The number of carboxylic acids is 1. The lowest BCUT2D eigenvalue weighted by Crippen LogP contribution is -2.57. The van der Waals surface area contributed by atoms with Crippen LogP contribution in [0.25, 0.3) is 0 Å². The van der Waals surface area contributed by atoms with Crippen LogP contribution in [0.1, 0.15) is 25.7 Å². The summed E-state index contributed by atoms with van der Waals surface area (Å²) in [5.74, 6) is -1.05. The molecule has 2 amide bonds. The molecule has 3 aliphatic rings. The van der Waals surface area contributed by atoms with Gasteiger partial charge in [0.05, 0.1) is 24.9 Å². The summed E-state index contributed by atoms with van der Waals surface area (Å²) in [7, 11) is 0. The van der Waals surface area contributed by atoms with Crippen LogP contribution in [-0.4, -0.2) is 76.0 Å². The molecule has 20 heavy (non-hydrogen) atoms. The van der Waals surface area contributed by atoms with E-state index < -0.39 is 18.1 Å². The molecule has 0 bridgehead atoms. The third-order valence-electron chi connectivity index (χ3n) is 4.54. The van der Waals surface area contributed by atoms with Crippen molar-refractivity contribution in [3.05, 3.63) is 0 Å². The molecular formula is C13H20N2O5. The second kappa shape index (κ2) is 5.21. The smallest absolute Gasteiger partial charge is 0.326 e. The van der Waals surface area contributed by atoms with Gasteiger partial charge >= 0.3 is 12.0 Å². The molecule has 1 saturated carbocycles. The summed E-state index contributed by atoms with van der Waals surface area (Å²) in [6.45, 7) is 1.10. The summed E-state index contributed by atoms with van der Waals surface area (Å²) in [4.78, 5) is 26.9. The van der Waals surface area contributed by atoms with Crippen LogP contribution in [0.2, 0.25) is 0 Å². The fourth-order valence-electron chi connectivity index (χ4n) is 3.59. The number of carbonyl (C=O) groups is 2. The van der Waals surface area contributed by atoms with Crippen LogP contribution >= 0.6 is 0 Å². The zero-order valence-electron chi connectivity index (χ0n) is 11.3. The Morgan fingerprint density at radius 2 is 2.00 bits per heavy atom. The fraction of sp³-hybridized carbons (Fsp3) is 0.846. The number of β-amino-alcohol motifs (C(OH)–C–C–N with tert-alkyl or cyclic N) is 1. The molecule has 4 atom stereocenters. The minimum absolute atomic E-state index is 0.0587. The maximum Gasteiger partial charge on any atom is 0.326 e. The number of rotatable bonds is 1. The molecule has 2 aliphatic heterocycles. The number of fused-ring (bicyclic) bond motifs is 1. The first-order chi connectivity index (χ1) is 9.58. The number of amides is 2. The van der Waals surface area contributed by atoms with E-state index in [1.165, 1.54) is 4.90 Å². The first-order valence-electron chi connectivity index (χ1n) is 7.17. The van der Waals surface area contributed by atoms with Gasteiger partial charge in [-0.15, -0.1) is 0 Å². The van der Waals surface area contributed by atoms with Gasteiger partial charge in [-0.2, -0.15) is 0 Å². The largest absolute Gasteiger partial charge is 0.480 e. The molecule has 0 aromatic rings. The molecule has 7 heteroatoms. The Hall–Kier alpha value is -1.34. The number of carboxylic acid groups (broad SMARTS) is 1. The second-order valence-electron chi connectivity index (χ2n) is 5.78. The van der Waals surface area contributed by atoms with E-state index in [2.05, 4.69) is 0 Å². The minimum atomic E-state index is -1.05. The molecular weight excluding hydrogens is 264 g/mol. The quantitative estimate of drug-likeness (QED) is 0.700. The lowest BCUT2D eigenvalue weighted by atomic mass is 10.1. The standard InChI is InChI=1S/C13H20N2O5/c16-8-6-10(12(17)18)15(7-8)13(19)14-4-5-20-11-3-1-2-9(11)14/h8-11,16H,1-7H2,(H,17,18)/t8-,9?,10-,11?/m1/s1. The van der Waals surface area contributed by atoms with Gasteiger partial charge in [0.1, 0.15) is 6.04 Å². The van der Waals surface area contributed by atoms with Crippen molar-refractivity contribution in [2.75, 3.05) is 19.7 Å². The maximum absolute atomic E-state index is 12.6. The number of carbonyl (C=O) groups excluding carboxylic acids is 1. The predicted octanol–water partition coefficient (Wildman–Crippen LogP) is -0.120. The second-order valence-corrected chi connectivity index (χ2v) is 5.78. The van der Waals surface area contributed by atoms with Gasteiger partial charge in [-0.25, -0.2) is 9.59 Å². The van der Waals surface area contributed by atoms with E-state index in [4.69, 9.17) is 4.74 Å². The molecule has 112 valence electrons. The number of aliphatic hydroxyl groups is 1. The van der Waals surface area contributed by atoms with Crippen LogP contribution in [0.3, 0.4) is 0 Å². The Morgan fingerprint density at radius 3 is 2.75 bits per heavy atom. The SMILES string of the molecule is O=C(O)[C@H]1C[C@@H](O)CN1C(=O)N1CCOC2CCCC21. The molecule has 3 fully saturated rings. The van der Waals surface area contributed by atoms with Gasteiger partial charge in [0, 0.05) is 19.5 Å². The van der Waals surface area contributed by atoms with Crippen molar-refractivity contribution in [3.8, 4) is 0 Å². The van der Waals surface area contributed by atoms with E-state index in [1.807, 2.05) is 0 Å². The van der Waals surface area contributed by atoms with Crippen molar-refractivity contribution in [2.45, 2.75) is 50.0 Å². The molecule has 0 aromatic heterocycles. The number of nitrogens with zero attached hydrogens (tertiary/aromatic N) is 2. The van der Waals surface area contributed by atoms with Crippen molar-refractivity contribution in [1.29, 1.82) is 0 Å².